The topological polar surface area (TPSA) is 123 Å². The summed E-state index contributed by atoms with van der Waals surface area (Å²) in [6.07, 6.45) is 1.22. The van der Waals surface area contributed by atoms with Crippen molar-refractivity contribution < 1.29 is 27.6 Å². The summed E-state index contributed by atoms with van der Waals surface area (Å²) in [4.78, 5) is 26.8. The molecule has 3 heterocycles. The number of nitro groups is 1. The Bertz CT molecular complexity index is 935. The molecule has 0 aliphatic carbocycles. The Morgan fingerprint density at radius 2 is 1.77 bits per heavy atom. The molecule has 3 aliphatic rings. The van der Waals surface area contributed by atoms with Gasteiger partial charge in [0.1, 0.15) is 11.0 Å². The number of hydrogen-bond acceptors (Lipinski definition) is 8. The largest absolute Gasteiger partial charge is 0.379 e. The number of carbonyl (C=O) groups is 1. The van der Waals surface area contributed by atoms with Gasteiger partial charge in [0.25, 0.3) is 11.6 Å². The van der Waals surface area contributed by atoms with Crippen LogP contribution in [0.4, 0.5) is 11.4 Å². The Kier molecular flexibility index (Phi) is 6.42. The van der Waals surface area contributed by atoms with E-state index in [9.17, 15) is 23.3 Å². The number of anilines is 1. The number of ether oxygens (including phenoxy) is 2. The molecule has 0 spiro atoms. The van der Waals surface area contributed by atoms with Gasteiger partial charge in [-0.1, -0.05) is 0 Å². The molecule has 1 aromatic carbocycles. The van der Waals surface area contributed by atoms with Crippen LogP contribution in [0.1, 0.15) is 12.8 Å². The molecule has 3 aliphatic heterocycles. The average molecular weight is 455 g/mol. The van der Waals surface area contributed by atoms with Crippen LogP contribution < -0.4 is 4.90 Å². The Hall–Kier alpha value is -2.28. The number of piperazine rings is 1. The summed E-state index contributed by atoms with van der Waals surface area (Å²) in [5, 5.41) is 11.3. The van der Waals surface area contributed by atoms with E-state index in [4.69, 9.17) is 9.47 Å². The maximum absolute atomic E-state index is 13.3. The lowest BCUT2D eigenvalue weighted by Gasteiger charge is -2.38. The van der Waals surface area contributed by atoms with Crippen LogP contribution in [0.25, 0.3) is 0 Å². The third kappa shape index (κ3) is 4.52. The van der Waals surface area contributed by atoms with Crippen molar-refractivity contribution in [1.82, 2.24) is 9.21 Å². The molecule has 3 saturated heterocycles. The van der Waals surface area contributed by atoms with Crippen LogP contribution in [0.2, 0.25) is 0 Å². The number of carbonyl (C=O) groups excluding carboxylic acids is 1. The highest BCUT2D eigenvalue weighted by atomic mass is 32.2. The number of nitro benzene ring substituents is 1. The number of rotatable bonds is 5. The number of nitrogens with zero attached hydrogens (tertiary/aromatic N) is 4. The second-order valence-electron chi connectivity index (χ2n) is 7.74. The van der Waals surface area contributed by atoms with E-state index in [1.807, 2.05) is 4.90 Å². The van der Waals surface area contributed by atoms with Crippen molar-refractivity contribution in [2.45, 2.75) is 23.8 Å². The fraction of sp³-hybridized carbons (Fsp3) is 0.632. The van der Waals surface area contributed by atoms with Gasteiger partial charge in [0.15, 0.2) is 0 Å². The van der Waals surface area contributed by atoms with Gasteiger partial charge in [-0.2, -0.15) is 4.31 Å². The van der Waals surface area contributed by atoms with Gasteiger partial charge in [0.05, 0.1) is 23.8 Å². The highest BCUT2D eigenvalue weighted by Gasteiger charge is 2.34. The van der Waals surface area contributed by atoms with Gasteiger partial charge in [-0.3, -0.25) is 14.9 Å². The molecular weight excluding hydrogens is 428 g/mol. The molecule has 0 bridgehead atoms. The summed E-state index contributed by atoms with van der Waals surface area (Å²) in [6.45, 7) is 3.31. The number of hydrogen-bond donors (Lipinski definition) is 0. The normalized spacial score (nSPS) is 23.2. The van der Waals surface area contributed by atoms with Gasteiger partial charge in [0, 0.05) is 58.0 Å². The first-order chi connectivity index (χ1) is 14.9. The van der Waals surface area contributed by atoms with E-state index in [1.54, 1.807) is 4.90 Å². The van der Waals surface area contributed by atoms with Crippen LogP contribution in [-0.2, 0) is 24.3 Å². The van der Waals surface area contributed by atoms with Crippen LogP contribution in [0.3, 0.4) is 0 Å². The SMILES string of the molecule is O=C(C1CCCO1)N1CCN(c2ccc([N+](=O)[O-])cc2S(=O)(=O)N2CCOCC2)CC1. The van der Waals surface area contributed by atoms with E-state index >= 15 is 0 Å². The van der Waals surface area contributed by atoms with Gasteiger partial charge in [-0.15, -0.1) is 0 Å². The molecule has 1 unspecified atom stereocenters. The van der Waals surface area contributed by atoms with Gasteiger partial charge in [-0.05, 0) is 18.9 Å². The fourth-order valence-electron chi connectivity index (χ4n) is 4.15. The lowest BCUT2D eigenvalue weighted by atomic mass is 10.2. The molecule has 11 nitrogen and oxygen atoms in total. The molecule has 1 amide bonds. The second-order valence-corrected chi connectivity index (χ2v) is 9.65. The highest BCUT2D eigenvalue weighted by Crippen LogP contribution is 2.33. The van der Waals surface area contributed by atoms with Gasteiger partial charge in [0.2, 0.25) is 10.0 Å². The van der Waals surface area contributed by atoms with Crippen LogP contribution in [0, 0.1) is 10.1 Å². The van der Waals surface area contributed by atoms with E-state index in [0.717, 1.165) is 18.9 Å². The first-order valence-corrected chi connectivity index (χ1v) is 11.8. The van der Waals surface area contributed by atoms with Gasteiger partial charge in [-0.25, -0.2) is 8.42 Å². The molecule has 3 fully saturated rings. The van der Waals surface area contributed by atoms with Crippen LogP contribution in [0.15, 0.2) is 23.1 Å². The zero-order valence-corrected chi connectivity index (χ0v) is 18.0. The summed E-state index contributed by atoms with van der Waals surface area (Å²) < 4.78 is 38.7. The summed E-state index contributed by atoms with van der Waals surface area (Å²) in [5.74, 6) is -0.0259. The first kappa shape index (κ1) is 21.9. The quantitative estimate of drug-likeness (QED) is 0.464. The predicted molar refractivity (Wildman–Crippen MR) is 110 cm³/mol. The van der Waals surface area contributed by atoms with Crippen molar-refractivity contribution in [2.24, 2.45) is 0 Å². The molecule has 170 valence electrons. The molecular formula is C19H26N4O7S. The zero-order chi connectivity index (χ0) is 22.0. The maximum atomic E-state index is 13.3. The molecule has 0 N–H and O–H groups in total. The molecule has 12 heteroatoms. The summed E-state index contributed by atoms with van der Waals surface area (Å²) in [5.41, 5.74) is 0.143. The summed E-state index contributed by atoms with van der Waals surface area (Å²) in [7, 11) is -3.93. The molecule has 0 saturated carbocycles. The minimum Gasteiger partial charge on any atom is -0.379 e. The minimum absolute atomic E-state index is 0.0259. The average Bonchev–Trinajstić information content (AvgIpc) is 3.34. The molecule has 1 aromatic rings. The Balaban J connectivity index is 1.57. The van der Waals surface area contributed by atoms with Crippen LogP contribution >= 0.6 is 0 Å². The second kappa shape index (κ2) is 9.07. The van der Waals surface area contributed by atoms with Crippen molar-refractivity contribution in [2.75, 3.05) is 64.0 Å². The Morgan fingerprint density at radius 1 is 1.06 bits per heavy atom. The monoisotopic (exact) mass is 454 g/mol. The van der Waals surface area contributed by atoms with Crippen LogP contribution in [-0.4, -0.2) is 93.6 Å². The standard InChI is InChI=1S/C19H26N4O7S/c24-19(17-2-1-11-30-17)21-7-5-20(6-8-21)16-4-3-15(23(25)26)14-18(16)31(27,28)22-9-12-29-13-10-22/h3-4,14,17H,1-2,5-13H2. The van der Waals surface area contributed by atoms with E-state index < -0.39 is 14.9 Å². The summed E-state index contributed by atoms with van der Waals surface area (Å²) >= 11 is 0. The van der Waals surface area contributed by atoms with Crippen molar-refractivity contribution >= 4 is 27.3 Å². The third-order valence-corrected chi connectivity index (χ3v) is 7.81. The summed E-state index contributed by atoms with van der Waals surface area (Å²) in [6, 6.07) is 3.94. The maximum Gasteiger partial charge on any atom is 0.270 e. The van der Waals surface area contributed by atoms with E-state index in [0.29, 0.717) is 38.5 Å². The van der Waals surface area contributed by atoms with E-state index in [2.05, 4.69) is 0 Å². The number of amides is 1. The van der Waals surface area contributed by atoms with E-state index in [-0.39, 0.29) is 48.9 Å². The molecule has 0 aromatic heterocycles. The van der Waals surface area contributed by atoms with Crippen molar-refractivity contribution in [3.8, 4) is 0 Å². The lowest BCUT2D eigenvalue weighted by molar-refractivity contribution is -0.385. The molecule has 1 atom stereocenters. The van der Waals surface area contributed by atoms with Crippen molar-refractivity contribution in [3.63, 3.8) is 0 Å². The predicted octanol–water partition coefficient (Wildman–Crippen LogP) is 0.443. The number of morpholine rings is 1. The molecule has 0 radical (unpaired) electrons. The van der Waals surface area contributed by atoms with Crippen LogP contribution in [0.5, 0.6) is 0 Å². The van der Waals surface area contributed by atoms with Gasteiger partial charge < -0.3 is 19.3 Å². The fourth-order valence-corrected chi connectivity index (χ4v) is 5.79. The smallest absolute Gasteiger partial charge is 0.270 e. The minimum atomic E-state index is -3.93. The lowest BCUT2D eigenvalue weighted by Crippen LogP contribution is -2.51. The zero-order valence-electron chi connectivity index (χ0n) is 17.1. The highest BCUT2D eigenvalue weighted by molar-refractivity contribution is 7.89. The molecule has 4 rings (SSSR count). The van der Waals surface area contributed by atoms with E-state index in [1.165, 1.54) is 16.4 Å². The number of non-ortho nitro benzene ring substituents is 1. The Labute approximate surface area is 180 Å². The third-order valence-electron chi connectivity index (χ3n) is 5.88. The number of sulfonamides is 1. The van der Waals surface area contributed by atoms with Crippen molar-refractivity contribution in [1.29, 1.82) is 0 Å². The van der Waals surface area contributed by atoms with Gasteiger partial charge >= 0.3 is 0 Å². The van der Waals surface area contributed by atoms with Crippen molar-refractivity contribution in [3.05, 3.63) is 28.3 Å². The Morgan fingerprint density at radius 3 is 2.39 bits per heavy atom. The first-order valence-electron chi connectivity index (χ1n) is 10.4. The molecule has 31 heavy (non-hydrogen) atoms. The number of benzene rings is 1.